The molecule has 0 fully saturated rings. The monoisotopic (exact) mass is 370 g/mol. The molecule has 0 saturated carbocycles. The minimum atomic E-state index is -4.27. The Bertz CT molecular complexity index is 853. The van der Waals surface area contributed by atoms with Crippen LogP contribution in [0.4, 0.5) is 11.4 Å². The molecule has 0 N–H and O–H groups in total. The summed E-state index contributed by atoms with van der Waals surface area (Å²) in [4.78, 5) is 10.5. The van der Waals surface area contributed by atoms with E-state index in [0.717, 1.165) is 15.9 Å². The van der Waals surface area contributed by atoms with Crippen molar-refractivity contribution in [1.29, 1.82) is 0 Å². The van der Waals surface area contributed by atoms with Crippen molar-refractivity contribution < 1.29 is 17.5 Å². The predicted octanol–water partition coefficient (Wildman–Crippen LogP) is 3.71. The molecule has 0 radical (unpaired) electrons. The van der Waals surface area contributed by atoms with Crippen molar-refractivity contribution in [2.24, 2.45) is 0 Å². The SMILES string of the molecule is CCN(c1ccc(Cl)cc1[N+](=O)[O-])S(=O)(=O)Oc1ccc(C)cc1. The van der Waals surface area contributed by atoms with Gasteiger partial charge in [-0.05, 0) is 38.1 Å². The molecule has 0 unspecified atom stereocenters. The normalized spacial score (nSPS) is 11.1. The number of nitro benzene ring substituents is 1. The van der Waals surface area contributed by atoms with Crippen molar-refractivity contribution in [2.75, 3.05) is 10.8 Å². The Hall–Kier alpha value is -2.32. The molecule has 0 aromatic heterocycles. The van der Waals surface area contributed by atoms with Crippen LogP contribution in [-0.4, -0.2) is 19.9 Å². The van der Waals surface area contributed by atoms with Crippen LogP contribution in [0.5, 0.6) is 5.75 Å². The maximum atomic E-state index is 12.5. The van der Waals surface area contributed by atoms with Gasteiger partial charge >= 0.3 is 10.3 Å². The summed E-state index contributed by atoms with van der Waals surface area (Å²) >= 11 is 5.76. The Morgan fingerprint density at radius 2 is 1.83 bits per heavy atom. The second-order valence-electron chi connectivity index (χ2n) is 4.91. The summed E-state index contributed by atoms with van der Waals surface area (Å²) in [5, 5.41) is 11.3. The first-order valence-corrected chi connectivity index (χ1v) is 8.71. The fraction of sp³-hybridized carbons (Fsp3) is 0.200. The van der Waals surface area contributed by atoms with Crippen LogP contribution in [0.2, 0.25) is 5.02 Å². The molecule has 0 spiro atoms. The smallest absolute Gasteiger partial charge is 0.367 e. The number of hydrogen-bond donors (Lipinski definition) is 0. The number of aryl methyl sites for hydroxylation is 1. The van der Waals surface area contributed by atoms with Crippen LogP contribution in [0, 0.1) is 17.0 Å². The second-order valence-corrected chi connectivity index (χ2v) is 6.81. The van der Waals surface area contributed by atoms with E-state index in [2.05, 4.69) is 0 Å². The number of benzene rings is 2. The Labute approximate surface area is 144 Å². The fourth-order valence-electron chi connectivity index (χ4n) is 2.06. The van der Waals surface area contributed by atoms with Gasteiger partial charge < -0.3 is 4.18 Å². The highest BCUT2D eigenvalue weighted by atomic mass is 35.5. The van der Waals surface area contributed by atoms with E-state index in [0.29, 0.717) is 0 Å². The van der Waals surface area contributed by atoms with E-state index in [9.17, 15) is 18.5 Å². The van der Waals surface area contributed by atoms with Crippen molar-refractivity contribution in [3.63, 3.8) is 0 Å². The van der Waals surface area contributed by atoms with Gasteiger partial charge in [-0.3, -0.25) is 10.1 Å². The van der Waals surface area contributed by atoms with Crippen LogP contribution in [-0.2, 0) is 10.3 Å². The third-order valence-electron chi connectivity index (χ3n) is 3.18. The van der Waals surface area contributed by atoms with Crippen LogP contribution in [0.15, 0.2) is 42.5 Å². The molecule has 0 amide bonds. The zero-order chi connectivity index (χ0) is 17.9. The minimum Gasteiger partial charge on any atom is -0.367 e. The lowest BCUT2D eigenvalue weighted by Gasteiger charge is -2.22. The summed E-state index contributed by atoms with van der Waals surface area (Å²) in [7, 11) is -4.27. The highest BCUT2D eigenvalue weighted by molar-refractivity contribution is 7.88. The highest BCUT2D eigenvalue weighted by Crippen LogP contribution is 2.33. The van der Waals surface area contributed by atoms with Crippen LogP contribution < -0.4 is 8.49 Å². The summed E-state index contributed by atoms with van der Waals surface area (Å²) in [6.07, 6.45) is 0. The molecule has 2 aromatic carbocycles. The topological polar surface area (TPSA) is 89.8 Å². The van der Waals surface area contributed by atoms with Gasteiger partial charge in [0.2, 0.25) is 0 Å². The summed E-state index contributed by atoms with van der Waals surface area (Å²) in [5.41, 5.74) is 0.417. The van der Waals surface area contributed by atoms with Gasteiger partial charge in [0.1, 0.15) is 11.4 Å². The molecule has 0 atom stereocenters. The van der Waals surface area contributed by atoms with Gasteiger partial charge in [-0.15, -0.1) is 0 Å². The largest absolute Gasteiger partial charge is 0.410 e. The molecule has 0 heterocycles. The van der Waals surface area contributed by atoms with E-state index in [1.165, 1.54) is 24.3 Å². The van der Waals surface area contributed by atoms with Gasteiger partial charge in [-0.1, -0.05) is 29.3 Å². The molecule has 0 aliphatic rings. The maximum absolute atomic E-state index is 12.5. The van der Waals surface area contributed by atoms with Gasteiger partial charge in [-0.2, -0.15) is 8.42 Å². The molecule has 24 heavy (non-hydrogen) atoms. The van der Waals surface area contributed by atoms with E-state index in [1.54, 1.807) is 19.1 Å². The zero-order valence-corrected chi connectivity index (χ0v) is 14.5. The molecule has 128 valence electrons. The highest BCUT2D eigenvalue weighted by Gasteiger charge is 2.29. The molecule has 2 aromatic rings. The van der Waals surface area contributed by atoms with E-state index in [4.69, 9.17) is 15.8 Å². The standard InChI is InChI=1S/C15H15ClN2O5S/c1-3-17(14-9-6-12(16)10-15(14)18(19)20)24(21,22)23-13-7-4-11(2)5-8-13/h4-10H,3H2,1-2H3. The first-order chi connectivity index (χ1) is 11.2. The third-order valence-corrected chi connectivity index (χ3v) is 4.82. The van der Waals surface area contributed by atoms with Crippen LogP contribution in [0.3, 0.4) is 0 Å². The number of rotatable bonds is 6. The van der Waals surface area contributed by atoms with Crippen molar-refractivity contribution >= 4 is 33.3 Å². The Balaban J connectivity index is 2.43. The first kappa shape index (κ1) is 18.0. The Kier molecular flexibility index (Phi) is 5.30. The molecule has 0 aliphatic heterocycles. The van der Waals surface area contributed by atoms with Crippen molar-refractivity contribution in [2.45, 2.75) is 13.8 Å². The molecular weight excluding hydrogens is 356 g/mol. The minimum absolute atomic E-state index is 0.0450. The number of anilines is 1. The quantitative estimate of drug-likeness (QED) is 0.571. The van der Waals surface area contributed by atoms with Gasteiger partial charge in [0, 0.05) is 17.6 Å². The number of hydrogen-bond acceptors (Lipinski definition) is 5. The molecular formula is C15H15ClN2O5S. The maximum Gasteiger partial charge on any atom is 0.410 e. The van der Waals surface area contributed by atoms with E-state index >= 15 is 0 Å². The van der Waals surface area contributed by atoms with Gasteiger partial charge in [0.05, 0.1) is 4.92 Å². The first-order valence-electron chi connectivity index (χ1n) is 6.97. The fourth-order valence-corrected chi connectivity index (χ4v) is 3.39. The van der Waals surface area contributed by atoms with Gasteiger partial charge in [0.15, 0.2) is 0 Å². The Morgan fingerprint density at radius 3 is 2.38 bits per heavy atom. The lowest BCUT2D eigenvalue weighted by molar-refractivity contribution is -0.384. The van der Waals surface area contributed by atoms with Crippen LogP contribution >= 0.6 is 11.6 Å². The third kappa shape index (κ3) is 3.95. The van der Waals surface area contributed by atoms with Gasteiger partial charge in [-0.25, -0.2) is 4.31 Å². The molecule has 9 heteroatoms. The lowest BCUT2D eigenvalue weighted by Crippen LogP contribution is -2.34. The zero-order valence-electron chi connectivity index (χ0n) is 13.0. The average Bonchev–Trinajstić information content (AvgIpc) is 2.51. The second kappa shape index (κ2) is 7.06. The molecule has 2 rings (SSSR count). The van der Waals surface area contributed by atoms with E-state index < -0.39 is 20.9 Å². The Morgan fingerprint density at radius 1 is 1.21 bits per heavy atom. The predicted molar refractivity (Wildman–Crippen MR) is 91.9 cm³/mol. The molecule has 0 bridgehead atoms. The average molecular weight is 371 g/mol. The van der Waals surface area contributed by atoms with E-state index in [1.807, 2.05) is 6.92 Å². The number of halogens is 1. The van der Waals surface area contributed by atoms with Crippen LogP contribution in [0.25, 0.3) is 0 Å². The van der Waals surface area contributed by atoms with E-state index in [-0.39, 0.29) is 23.0 Å². The van der Waals surface area contributed by atoms with Crippen LogP contribution in [0.1, 0.15) is 12.5 Å². The molecule has 0 saturated heterocycles. The summed E-state index contributed by atoms with van der Waals surface area (Å²) in [6.45, 7) is 3.36. The summed E-state index contributed by atoms with van der Waals surface area (Å²) < 4.78 is 30.9. The van der Waals surface area contributed by atoms with Crippen molar-refractivity contribution in [1.82, 2.24) is 0 Å². The number of nitro groups is 1. The van der Waals surface area contributed by atoms with Gasteiger partial charge in [0.25, 0.3) is 5.69 Å². The lowest BCUT2D eigenvalue weighted by atomic mass is 10.2. The van der Waals surface area contributed by atoms with Crippen molar-refractivity contribution in [3.05, 3.63) is 63.2 Å². The van der Waals surface area contributed by atoms with Crippen molar-refractivity contribution in [3.8, 4) is 5.75 Å². The molecule has 7 nitrogen and oxygen atoms in total. The number of nitrogens with zero attached hydrogens (tertiary/aromatic N) is 2. The summed E-state index contributed by atoms with van der Waals surface area (Å²) in [5.74, 6) is 0.121. The molecule has 0 aliphatic carbocycles. The summed E-state index contributed by atoms with van der Waals surface area (Å²) in [6, 6.07) is 10.2.